The molecule has 5 nitrogen and oxygen atoms in total. The molecule has 0 aliphatic carbocycles. The number of carboxylic acids is 1. The van der Waals surface area contributed by atoms with Gasteiger partial charge in [-0.2, -0.15) is 11.8 Å². The fourth-order valence-corrected chi connectivity index (χ4v) is 2.98. The third-order valence-electron chi connectivity index (χ3n) is 3.58. The Morgan fingerprint density at radius 3 is 2.62 bits per heavy atom. The number of aliphatic carboxylic acids is 1. The molecule has 0 aromatic heterocycles. The number of amides is 2. The molecule has 0 spiro atoms. The molecule has 1 aliphatic heterocycles. The first-order valence-electron chi connectivity index (χ1n) is 6.69. The number of carboxylic acid groups (broad SMARTS) is 1. The van der Waals surface area contributed by atoms with E-state index >= 15 is 0 Å². The van der Waals surface area contributed by atoms with Crippen LogP contribution in [0.15, 0.2) is 30.3 Å². The average molecular weight is 307 g/mol. The van der Waals surface area contributed by atoms with Crippen molar-refractivity contribution in [2.45, 2.75) is 24.8 Å². The van der Waals surface area contributed by atoms with E-state index in [0.29, 0.717) is 5.75 Å². The third-order valence-corrected chi connectivity index (χ3v) is 4.22. The second-order valence-corrected chi connectivity index (χ2v) is 5.89. The first-order chi connectivity index (χ1) is 10.1. The Kier molecular flexibility index (Phi) is 5.01. The summed E-state index contributed by atoms with van der Waals surface area (Å²) >= 11 is 1.49. The van der Waals surface area contributed by atoms with Gasteiger partial charge in [0.15, 0.2) is 0 Å². The molecule has 1 heterocycles. The monoisotopic (exact) mass is 307 g/mol. The minimum Gasteiger partial charge on any atom is -0.480 e. The maximum absolute atomic E-state index is 12.5. The quantitative estimate of drug-likeness (QED) is 0.810. The Morgan fingerprint density at radius 2 is 2.05 bits per heavy atom. The van der Waals surface area contributed by atoms with Gasteiger partial charge in [0, 0.05) is 6.42 Å². The van der Waals surface area contributed by atoms with Crippen molar-refractivity contribution < 1.29 is 19.5 Å². The molecule has 1 fully saturated rings. The molecule has 0 radical (unpaired) electrons. The molecule has 1 aliphatic rings. The summed E-state index contributed by atoms with van der Waals surface area (Å²) < 4.78 is 0. The number of hydrogen-bond donors (Lipinski definition) is 1. The molecule has 21 heavy (non-hydrogen) atoms. The second kappa shape index (κ2) is 6.76. The van der Waals surface area contributed by atoms with Crippen LogP contribution in [0.1, 0.15) is 24.3 Å². The van der Waals surface area contributed by atoms with Crippen LogP contribution in [0, 0.1) is 0 Å². The van der Waals surface area contributed by atoms with E-state index in [1.54, 1.807) is 24.3 Å². The molecule has 112 valence electrons. The van der Waals surface area contributed by atoms with Gasteiger partial charge in [-0.15, -0.1) is 0 Å². The zero-order chi connectivity index (χ0) is 15.4. The van der Waals surface area contributed by atoms with Crippen molar-refractivity contribution in [3.63, 3.8) is 0 Å². The number of thioether (sulfide) groups is 1. The van der Waals surface area contributed by atoms with Gasteiger partial charge in [0.05, 0.1) is 5.92 Å². The van der Waals surface area contributed by atoms with Gasteiger partial charge in [0.2, 0.25) is 11.8 Å². The first kappa shape index (κ1) is 15.6. The van der Waals surface area contributed by atoms with Crippen LogP contribution in [0.25, 0.3) is 0 Å². The zero-order valence-electron chi connectivity index (χ0n) is 11.7. The van der Waals surface area contributed by atoms with E-state index < -0.39 is 29.7 Å². The molecule has 0 saturated carbocycles. The highest BCUT2D eigenvalue weighted by Gasteiger charge is 2.45. The molecule has 1 aromatic rings. The largest absolute Gasteiger partial charge is 0.480 e. The van der Waals surface area contributed by atoms with Crippen LogP contribution < -0.4 is 0 Å². The van der Waals surface area contributed by atoms with Crippen LogP contribution >= 0.6 is 11.8 Å². The van der Waals surface area contributed by atoms with E-state index in [2.05, 4.69) is 0 Å². The lowest BCUT2D eigenvalue weighted by atomic mass is 9.98. The molecule has 1 N–H and O–H groups in total. The van der Waals surface area contributed by atoms with Crippen molar-refractivity contribution in [2.24, 2.45) is 0 Å². The van der Waals surface area contributed by atoms with Gasteiger partial charge in [-0.25, -0.2) is 4.79 Å². The number of likely N-dealkylation sites (tertiary alicyclic amines) is 1. The Bertz CT molecular complexity index is 546. The maximum Gasteiger partial charge on any atom is 0.326 e. The van der Waals surface area contributed by atoms with Crippen LogP contribution in [0.3, 0.4) is 0 Å². The highest BCUT2D eigenvalue weighted by molar-refractivity contribution is 7.98. The average Bonchev–Trinajstić information content (AvgIpc) is 2.76. The molecule has 6 heteroatoms. The highest BCUT2D eigenvalue weighted by Crippen LogP contribution is 2.31. The molecular formula is C15H17NO4S. The SMILES string of the molecule is CSCCC(C(=O)O)N1C(=O)CC(c2ccccc2)C1=O. The number of rotatable bonds is 6. The first-order valence-corrected chi connectivity index (χ1v) is 8.08. The molecule has 1 aromatic carbocycles. The smallest absolute Gasteiger partial charge is 0.326 e. The molecule has 1 saturated heterocycles. The van der Waals surface area contributed by atoms with Gasteiger partial charge in [-0.1, -0.05) is 30.3 Å². The summed E-state index contributed by atoms with van der Waals surface area (Å²) in [5.74, 6) is -1.90. The molecule has 2 amide bonds. The van der Waals surface area contributed by atoms with E-state index in [1.807, 2.05) is 12.3 Å². The molecule has 2 atom stereocenters. The van der Waals surface area contributed by atoms with Crippen molar-refractivity contribution in [3.8, 4) is 0 Å². The summed E-state index contributed by atoms with van der Waals surface area (Å²) in [7, 11) is 0. The summed E-state index contributed by atoms with van der Waals surface area (Å²) in [6, 6.07) is 7.96. The summed E-state index contributed by atoms with van der Waals surface area (Å²) in [5, 5.41) is 9.30. The third kappa shape index (κ3) is 3.26. The van der Waals surface area contributed by atoms with Crippen LogP contribution in [0.4, 0.5) is 0 Å². The molecule has 2 rings (SSSR count). The van der Waals surface area contributed by atoms with Crippen LogP contribution in [0.2, 0.25) is 0 Å². The maximum atomic E-state index is 12.5. The normalized spacial score (nSPS) is 19.9. The van der Waals surface area contributed by atoms with Crippen molar-refractivity contribution in [1.29, 1.82) is 0 Å². The summed E-state index contributed by atoms with van der Waals surface area (Å²) in [6.07, 6.45) is 2.18. The van der Waals surface area contributed by atoms with Crippen LogP contribution in [-0.4, -0.2) is 45.8 Å². The van der Waals surface area contributed by atoms with Gasteiger partial charge in [-0.3, -0.25) is 14.5 Å². The summed E-state index contributed by atoms with van der Waals surface area (Å²) in [6.45, 7) is 0. The number of carbonyl (C=O) groups excluding carboxylic acids is 2. The van der Waals surface area contributed by atoms with Crippen molar-refractivity contribution in [2.75, 3.05) is 12.0 Å². The van der Waals surface area contributed by atoms with Crippen molar-refractivity contribution >= 4 is 29.5 Å². The number of imide groups is 1. The second-order valence-electron chi connectivity index (χ2n) is 4.90. The Hall–Kier alpha value is -1.82. The Morgan fingerprint density at radius 1 is 1.38 bits per heavy atom. The van der Waals surface area contributed by atoms with E-state index in [-0.39, 0.29) is 12.8 Å². The van der Waals surface area contributed by atoms with E-state index in [9.17, 15) is 19.5 Å². The molecule has 2 unspecified atom stereocenters. The Labute approximate surface area is 127 Å². The lowest BCUT2D eigenvalue weighted by Crippen LogP contribution is -2.45. The summed E-state index contributed by atoms with van der Waals surface area (Å²) in [4.78, 5) is 36.9. The van der Waals surface area contributed by atoms with Crippen molar-refractivity contribution in [3.05, 3.63) is 35.9 Å². The van der Waals surface area contributed by atoms with E-state index in [4.69, 9.17) is 0 Å². The van der Waals surface area contributed by atoms with Gasteiger partial charge in [0.1, 0.15) is 6.04 Å². The number of carbonyl (C=O) groups is 3. The van der Waals surface area contributed by atoms with E-state index in [0.717, 1.165) is 10.5 Å². The predicted octanol–water partition coefficient (Wildman–Crippen LogP) is 1.74. The van der Waals surface area contributed by atoms with Crippen LogP contribution in [-0.2, 0) is 14.4 Å². The van der Waals surface area contributed by atoms with Gasteiger partial charge in [-0.05, 0) is 24.0 Å². The van der Waals surface area contributed by atoms with Crippen LogP contribution in [0.5, 0.6) is 0 Å². The number of nitrogens with zero attached hydrogens (tertiary/aromatic N) is 1. The standard InChI is InChI=1S/C15H17NO4S/c1-21-8-7-12(15(19)20)16-13(17)9-11(14(16)18)10-5-3-2-4-6-10/h2-6,11-12H,7-9H2,1H3,(H,19,20). The lowest BCUT2D eigenvalue weighted by molar-refractivity contribution is -0.154. The topological polar surface area (TPSA) is 74.7 Å². The minimum atomic E-state index is -1.13. The highest BCUT2D eigenvalue weighted by atomic mass is 32.2. The lowest BCUT2D eigenvalue weighted by Gasteiger charge is -2.22. The Balaban J connectivity index is 2.23. The van der Waals surface area contributed by atoms with Gasteiger partial charge >= 0.3 is 5.97 Å². The fourth-order valence-electron chi connectivity index (χ4n) is 2.52. The fraction of sp³-hybridized carbons (Fsp3) is 0.400. The van der Waals surface area contributed by atoms with E-state index in [1.165, 1.54) is 11.8 Å². The number of hydrogen-bond acceptors (Lipinski definition) is 4. The van der Waals surface area contributed by atoms with Crippen molar-refractivity contribution in [1.82, 2.24) is 4.90 Å². The van der Waals surface area contributed by atoms with Gasteiger partial charge in [0.25, 0.3) is 0 Å². The molecule has 0 bridgehead atoms. The molecular weight excluding hydrogens is 290 g/mol. The summed E-state index contributed by atoms with van der Waals surface area (Å²) in [5.41, 5.74) is 0.757. The number of benzene rings is 1. The van der Waals surface area contributed by atoms with Gasteiger partial charge < -0.3 is 5.11 Å². The zero-order valence-corrected chi connectivity index (χ0v) is 12.5. The predicted molar refractivity (Wildman–Crippen MR) is 80.1 cm³/mol. The minimum absolute atomic E-state index is 0.0475.